The summed E-state index contributed by atoms with van der Waals surface area (Å²) in [5, 5.41) is 3.19. The summed E-state index contributed by atoms with van der Waals surface area (Å²) in [5.74, 6) is 1.09. The van der Waals surface area contributed by atoms with Crippen LogP contribution in [-0.2, 0) is 0 Å². The quantitative estimate of drug-likeness (QED) is 0.581. The van der Waals surface area contributed by atoms with E-state index in [1.807, 2.05) is 18.5 Å². The summed E-state index contributed by atoms with van der Waals surface area (Å²) in [4.78, 5) is 4.31. The molecular formula is C10H14N2. The van der Waals surface area contributed by atoms with Crippen molar-refractivity contribution in [2.75, 3.05) is 0 Å². The first-order valence-electron chi connectivity index (χ1n) is 4.64. The molecule has 0 aromatic carbocycles. The lowest BCUT2D eigenvalue weighted by Crippen LogP contribution is -2.11. The Morgan fingerprint density at radius 2 is 2.00 bits per heavy atom. The second kappa shape index (κ2) is 3.57. The molecule has 2 nitrogen and oxygen atoms in total. The second-order valence-electron chi connectivity index (χ2n) is 3.29. The van der Waals surface area contributed by atoms with Gasteiger partial charge in [0.2, 0.25) is 0 Å². The Hall–Kier alpha value is -1.05. The van der Waals surface area contributed by atoms with Gasteiger partial charge in [0.25, 0.3) is 0 Å². The van der Waals surface area contributed by atoms with Gasteiger partial charge in [-0.1, -0.05) is 6.42 Å². The van der Waals surface area contributed by atoms with Crippen molar-refractivity contribution in [1.82, 2.24) is 5.32 Å². The number of rotatable bonds is 0. The number of nitrogens with zero attached hydrogens (tertiary/aromatic N) is 1. The molecule has 0 atom stereocenters. The van der Waals surface area contributed by atoms with Gasteiger partial charge in [-0.3, -0.25) is 0 Å². The van der Waals surface area contributed by atoms with E-state index in [-0.39, 0.29) is 0 Å². The van der Waals surface area contributed by atoms with Crippen LogP contribution in [0.5, 0.6) is 0 Å². The molecule has 2 aliphatic rings. The molecule has 0 bridgehead atoms. The highest BCUT2D eigenvalue weighted by Crippen LogP contribution is 2.25. The van der Waals surface area contributed by atoms with Crippen molar-refractivity contribution in [3.8, 4) is 0 Å². The summed E-state index contributed by atoms with van der Waals surface area (Å²) in [5.41, 5.74) is 1.50. The molecule has 12 heavy (non-hydrogen) atoms. The Bertz CT molecular complexity index is 241. The normalized spacial score (nSPS) is 22.7. The maximum absolute atomic E-state index is 4.31. The summed E-state index contributed by atoms with van der Waals surface area (Å²) in [6.07, 6.45) is 12.2. The third-order valence-corrected chi connectivity index (χ3v) is 2.40. The van der Waals surface area contributed by atoms with Crippen LogP contribution in [0.25, 0.3) is 0 Å². The van der Waals surface area contributed by atoms with Crippen molar-refractivity contribution in [2.24, 2.45) is 4.99 Å². The maximum Gasteiger partial charge on any atom is 0.128 e. The SMILES string of the molecule is C1=CNC(=C2CCCCC2)N=C1. The third-order valence-electron chi connectivity index (χ3n) is 2.40. The van der Waals surface area contributed by atoms with Crippen LogP contribution in [0.3, 0.4) is 0 Å². The maximum atomic E-state index is 4.31. The molecule has 1 fully saturated rings. The Balaban J connectivity index is 2.12. The van der Waals surface area contributed by atoms with Crippen LogP contribution < -0.4 is 5.32 Å². The Labute approximate surface area is 73.1 Å². The van der Waals surface area contributed by atoms with Crippen molar-refractivity contribution in [3.63, 3.8) is 0 Å². The fourth-order valence-electron chi connectivity index (χ4n) is 1.73. The van der Waals surface area contributed by atoms with Crippen LogP contribution in [-0.4, -0.2) is 6.21 Å². The van der Waals surface area contributed by atoms with Gasteiger partial charge in [0.15, 0.2) is 0 Å². The number of hydrogen-bond donors (Lipinski definition) is 1. The lowest BCUT2D eigenvalue weighted by atomic mass is 9.95. The van der Waals surface area contributed by atoms with Gasteiger partial charge in [-0.25, -0.2) is 4.99 Å². The van der Waals surface area contributed by atoms with E-state index in [1.54, 1.807) is 0 Å². The van der Waals surface area contributed by atoms with Gasteiger partial charge in [-0.2, -0.15) is 0 Å². The molecule has 0 saturated heterocycles. The van der Waals surface area contributed by atoms with E-state index in [4.69, 9.17) is 0 Å². The summed E-state index contributed by atoms with van der Waals surface area (Å²) in [7, 11) is 0. The fourth-order valence-corrected chi connectivity index (χ4v) is 1.73. The van der Waals surface area contributed by atoms with E-state index < -0.39 is 0 Å². The largest absolute Gasteiger partial charge is 0.347 e. The molecule has 0 unspecified atom stereocenters. The molecule has 0 spiro atoms. The van der Waals surface area contributed by atoms with Gasteiger partial charge in [0.1, 0.15) is 5.82 Å². The highest BCUT2D eigenvalue weighted by molar-refractivity contribution is 5.73. The molecule has 1 N–H and O–H groups in total. The smallest absolute Gasteiger partial charge is 0.128 e. The van der Waals surface area contributed by atoms with E-state index in [2.05, 4.69) is 10.3 Å². The van der Waals surface area contributed by atoms with Crippen LogP contribution in [0.1, 0.15) is 32.1 Å². The zero-order valence-corrected chi connectivity index (χ0v) is 7.21. The molecule has 1 aliphatic heterocycles. The molecule has 1 heterocycles. The van der Waals surface area contributed by atoms with Gasteiger partial charge in [0, 0.05) is 12.4 Å². The third kappa shape index (κ3) is 1.58. The average molecular weight is 162 g/mol. The van der Waals surface area contributed by atoms with E-state index in [0.29, 0.717) is 0 Å². The topological polar surface area (TPSA) is 24.4 Å². The highest BCUT2D eigenvalue weighted by Gasteiger charge is 2.10. The van der Waals surface area contributed by atoms with Crippen LogP contribution in [0.4, 0.5) is 0 Å². The number of allylic oxidation sites excluding steroid dienone is 2. The van der Waals surface area contributed by atoms with Gasteiger partial charge in [-0.05, 0) is 37.3 Å². The number of hydrogen-bond acceptors (Lipinski definition) is 2. The van der Waals surface area contributed by atoms with E-state index in [9.17, 15) is 0 Å². The average Bonchev–Trinajstić information content (AvgIpc) is 2.21. The van der Waals surface area contributed by atoms with E-state index in [1.165, 1.54) is 37.7 Å². The fraction of sp³-hybridized carbons (Fsp3) is 0.500. The van der Waals surface area contributed by atoms with Gasteiger partial charge in [0.05, 0.1) is 0 Å². The van der Waals surface area contributed by atoms with E-state index in [0.717, 1.165) is 5.82 Å². The number of nitrogens with one attached hydrogen (secondary N) is 1. The molecule has 64 valence electrons. The first-order valence-corrected chi connectivity index (χ1v) is 4.64. The summed E-state index contributed by atoms with van der Waals surface area (Å²) in [6.45, 7) is 0. The molecule has 1 saturated carbocycles. The van der Waals surface area contributed by atoms with Gasteiger partial charge in [-0.15, -0.1) is 0 Å². The molecule has 0 aromatic rings. The highest BCUT2D eigenvalue weighted by atomic mass is 15.0. The van der Waals surface area contributed by atoms with Gasteiger partial charge < -0.3 is 5.32 Å². The molecule has 0 radical (unpaired) electrons. The Morgan fingerprint density at radius 1 is 1.17 bits per heavy atom. The Kier molecular flexibility index (Phi) is 2.26. The zero-order chi connectivity index (χ0) is 8.23. The van der Waals surface area contributed by atoms with Crippen LogP contribution in [0.15, 0.2) is 28.7 Å². The van der Waals surface area contributed by atoms with E-state index >= 15 is 0 Å². The predicted molar refractivity (Wildman–Crippen MR) is 50.9 cm³/mol. The summed E-state index contributed by atoms with van der Waals surface area (Å²) < 4.78 is 0. The molecular weight excluding hydrogens is 148 g/mol. The minimum atomic E-state index is 1.09. The predicted octanol–water partition coefficient (Wildman–Crippen LogP) is 2.35. The summed E-state index contributed by atoms with van der Waals surface area (Å²) >= 11 is 0. The zero-order valence-electron chi connectivity index (χ0n) is 7.21. The minimum Gasteiger partial charge on any atom is -0.347 e. The number of aliphatic imine (C=N–C) groups is 1. The minimum absolute atomic E-state index is 1.09. The second-order valence-corrected chi connectivity index (χ2v) is 3.29. The van der Waals surface area contributed by atoms with Crippen molar-refractivity contribution < 1.29 is 0 Å². The van der Waals surface area contributed by atoms with Crippen LogP contribution in [0, 0.1) is 0 Å². The van der Waals surface area contributed by atoms with Crippen LogP contribution in [0.2, 0.25) is 0 Å². The standard InChI is InChI=1S/C10H14N2/c1-2-5-9(6-3-1)10-11-7-4-8-12-10/h4,7-8,11H,1-3,5-6H2. The van der Waals surface area contributed by atoms with Crippen LogP contribution >= 0.6 is 0 Å². The monoisotopic (exact) mass is 162 g/mol. The molecule has 0 amide bonds. The lowest BCUT2D eigenvalue weighted by molar-refractivity contribution is 0.588. The lowest BCUT2D eigenvalue weighted by Gasteiger charge is -2.17. The molecule has 0 aromatic heterocycles. The summed E-state index contributed by atoms with van der Waals surface area (Å²) in [6, 6.07) is 0. The molecule has 2 rings (SSSR count). The van der Waals surface area contributed by atoms with Crippen molar-refractivity contribution in [2.45, 2.75) is 32.1 Å². The first-order chi connectivity index (χ1) is 5.97. The van der Waals surface area contributed by atoms with Crippen molar-refractivity contribution >= 4 is 6.21 Å². The molecule has 2 heteroatoms. The Morgan fingerprint density at radius 3 is 2.67 bits per heavy atom. The van der Waals surface area contributed by atoms with Crippen molar-refractivity contribution in [1.29, 1.82) is 0 Å². The first kappa shape index (κ1) is 7.59. The van der Waals surface area contributed by atoms with Gasteiger partial charge >= 0.3 is 0 Å². The molecule has 1 aliphatic carbocycles. The van der Waals surface area contributed by atoms with Crippen molar-refractivity contribution in [3.05, 3.63) is 23.7 Å².